The molecule has 0 unspecified atom stereocenters. The fourth-order valence-electron chi connectivity index (χ4n) is 3.78. The molecule has 1 aliphatic carbocycles. The van der Waals surface area contributed by atoms with Crippen LogP contribution >= 0.6 is 0 Å². The Hall–Kier alpha value is -1.97. The van der Waals surface area contributed by atoms with Gasteiger partial charge in [-0.1, -0.05) is 41.4 Å². The molecule has 0 aromatic heterocycles. The molecule has 2 aromatic rings. The summed E-state index contributed by atoms with van der Waals surface area (Å²) in [5.41, 5.74) is 17.0. The van der Waals surface area contributed by atoms with Crippen LogP contribution < -0.4 is 59.1 Å². The molecule has 13 nitrogen and oxygen atoms in total. The smallest absolute Gasteiger partial charge is 0.744 e. The number of ketones is 1. The maximum absolute atomic E-state index is 13.2. The summed E-state index contributed by atoms with van der Waals surface area (Å²) in [6.45, 7) is 1.81. The summed E-state index contributed by atoms with van der Waals surface area (Å²) in [7, 11) is -9.98. The number of rotatable bonds is 6. The van der Waals surface area contributed by atoms with Gasteiger partial charge in [-0.15, -0.1) is 0 Å². The van der Waals surface area contributed by atoms with Crippen molar-refractivity contribution in [2.24, 2.45) is 16.1 Å². The minimum absolute atomic E-state index is 0. The van der Waals surface area contributed by atoms with Crippen molar-refractivity contribution in [2.45, 2.75) is 29.6 Å². The molecule has 0 aliphatic heterocycles. The molecular formula is C21H16N6Na2O7S2. The number of allylic oxidation sites excluding steroid dienone is 2. The van der Waals surface area contributed by atoms with E-state index in [2.05, 4.69) is 20.1 Å². The van der Waals surface area contributed by atoms with Crippen molar-refractivity contribution in [1.29, 1.82) is 0 Å². The summed E-state index contributed by atoms with van der Waals surface area (Å²) in [5, 5.41) is 6.56. The zero-order chi connectivity index (χ0) is 26.7. The second-order valence-electron chi connectivity index (χ2n) is 7.91. The molecular weight excluding hydrogens is 558 g/mol. The van der Waals surface area contributed by atoms with Crippen molar-refractivity contribution in [3.8, 4) is 0 Å². The molecule has 0 amide bonds. The van der Waals surface area contributed by atoms with Crippen LogP contribution in [0.5, 0.6) is 0 Å². The number of nitrogens with zero attached hydrogens (tertiary/aromatic N) is 6. The predicted molar refractivity (Wildman–Crippen MR) is 126 cm³/mol. The summed E-state index contributed by atoms with van der Waals surface area (Å²) in [6, 6.07) is 6.83. The Labute approximate surface area is 262 Å². The van der Waals surface area contributed by atoms with Gasteiger partial charge >= 0.3 is 59.1 Å². The molecule has 0 radical (unpaired) electrons. The van der Waals surface area contributed by atoms with E-state index in [4.69, 9.17) is 11.1 Å². The summed E-state index contributed by atoms with van der Waals surface area (Å²) in [4.78, 5) is 17.0. The molecule has 1 fully saturated rings. The first kappa shape index (κ1) is 34.1. The molecule has 0 N–H and O–H groups in total. The number of carbonyl (C=O) groups excluding carboxylic acids is 1. The van der Waals surface area contributed by atoms with E-state index >= 15 is 0 Å². The first-order valence-corrected chi connectivity index (χ1v) is 12.9. The third kappa shape index (κ3) is 8.52. The quantitative estimate of drug-likeness (QED) is 0.103. The minimum Gasteiger partial charge on any atom is -0.744 e. The molecule has 1 aliphatic rings. The standard InChI is InChI=1S/C21H18N6O7S2.2Na/c1-12-6-15(8-13-2-4-17(24-26-22)10-19(13)35(29,30)31)21(28)16(7-12)9-14-3-5-18(25-27-23)11-20(14)36(32,33)34;;/h2-5,8-12H,6-7H2,1H3,(H,29,30,31)(H,32,33,34);;/q;2*+1/p-2. The number of Topliss-reactive ketones (excluding diaryl/α,β-unsaturated/α-hetero) is 1. The average Bonchev–Trinajstić information content (AvgIpc) is 2.78. The van der Waals surface area contributed by atoms with Crippen molar-refractivity contribution in [1.82, 2.24) is 0 Å². The van der Waals surface area contributed by atoms with Crippen LogP contribution in [0, 0.1) is 5.92 Å². The number of carbonyl (C=O) groups is 1. The van der Waals surface area contributed by atoms with Gasteiger partial charge in [0.15, 0.2) is 5.78 Å². The van der Waals surface area contributed by atoms with Crippen LogP contribution in [0.4, 0.5) is 11.4 Å². The van der Waals surface area contributed by atoms with E-state index < -0.39 is 35.8 Å². The fraction of sp³-hybridized carbons (Fsp3) is 0.190. The van der Waals surface area contributed by atoms with E-state index in [0.29, 0.717) is 0 Å². The Balaban J connectivity index is 0.00000361. The van der Waals surface area contributed by atoms with Crippen molar-refractivity contribution < 1.29 is 89.9 Å². The largest absolute Gasteiger partial charge is 1.00 e. The first-order valence-electron chi connectivity index (χ1n) is 10.1. The molecule has 186 valence electrons. The van der Waals surface area contributed by atoms with E-state index in [-0.39, 0.29) is 112 Å². The van der Waals surface area contributed by atoms with Crippen molar-refractivity contribution in [3.05, 3.63) is 79.6 Å². The van der Waals surface area contributed by atoms with Crippen molar-refractivity contribution in [3.63, 3.8) is 0 Å². The van der Waals surface area contributed by atoms with Crippen molar-refractivity contribution in [2.75, 3.05) is 0 Å². The Morgan fingerprint density at radius 3 is 1.50 bits per heavy atom. The topological polar surface area (TPSA) is 229 Å². The van der Waals surface area contributed by atoms with Crippen LogP contribution in [-0.2, 0) is 25.0 Å². The van der Waals surface area contributed by atoms with Gasteiger partial charge in [-0.25, -0.2) is 16.8 Å². The molecule has 0 spiro atoms. The zero-order valence-corrected chi connectivity index (χ0v) is 26.1. The van der Waals surface area contributed by atoms with Gasteiger partial charge in [-0.3, -0.25) is 4.79 Å². The van der Waals surface area contributed by atoms with E-state index in [1.165, 1.54) is 36.4 Å². The molecule has 17 heteroatoms. The molecule has 0 heterocycles. The number of hydrogen-bond acceptors (Lipinski definition) is 9. The van der Waals surface area contributed by atoms with Crippen LogP contribution in [0.15, 0.2) is 67.6 Å². The van der Waals surface area contributed by atoms with Crippen LogP contribution in [0.3, 0.4) is 0 Å². The summed E-state index contributed by atoms with van der Waals surface area (Å²) < 4.78 is 70.7. The van der Waals surface area contributed by atoms with Gasteiger partial charge in [0.25, 0.3) is 0 Å². The van der Waals surface area contributed by atoms with Gasteiger partial charge in [0.2, 0.25) is 0 Å². The van der Waals surface area contributed by atoms with Gasteiger partial charge in [0, 0.05) is 32.3 Å². The van der Waals surface area contributed by atoms with Crippen LogP contribution in [0.25, 0.3) is 33.0 Å². The van der Waals surface area contributed by atoms with Gasteiger partial charge in [-0.05, 0) is 65.2 Å². The van der Waals surface area contributed by atoms with E-state index in [1.54, 1.807) is 6.92 Å². The van der Waals surface area contributed by atoms with Gasteiger partial charge in [0.05, 0.1) is 9.79 Å². The third-order valence-corrected chi connectivity index (χ3v) is 7.02. The van der Waals surface area contributed by atoms with Crippen LogP contribution in [0.1, 0.15) is 30.9 Å². The molecule has 1 saturated carbocycles. The second-order valence-corrected chi connectivity index (χ2v) is 10.6. The zero-order valence-electron chi connectivity index (χ0n) is 20.5. The second kappa shape index (κ2) is 13.9. The Morgan fingerprint density at radius 2 is 1.18 bits per heavy atom. The number of azide groups is 2. The van der Waals surface area contributed by atoms with Crippen LogP contribution in [-0.4, -0.2) is 31.7 Å². The first-order chi connectivity index (χ1) is 16.8. The molecule has 0 atom stereocenters. The normalized spacial score (nSPS) is 17.6. The third-order valence-electron chi connectivity index (χ3n) is 5.23. The minimum atomic E-state index is -4.99. The molecule has 3 rings (SSSR count). The number of benzene rings is 2. The molecule has 0 saturated heterocycles. The molecule has 38 heavy (non-hydrogen) atoms. The number of hydrogen-bond donors (Lipinski definition) is 0. The van der Waals surface area contributed by atoms with Gasteiger partial charge < -0.3 is 9.11 Å². The van der Waals surface area contributed by atoms with Gasteiger partial charge in [-0.2, -0.15) is 0 Å². The maximum atomic E-state index is 13.2. The maximum Gasteiger partial charge on any atom is 1.00 e. The summed E-state index contributed by atoms with van der Waals surface area (Å²) in [6.07, 6.45) is 2.95. The molecule has 2 aromatic carbocycles. The Kier molecular flexibility index (Phi) is 12.5. The Bertz CT molecular complexity index is 1520. The average molecular weight is 575 g/mol. The Morgan fingerprint density at radius 1 is 0.816 bits per heavy atom. The summed E-state index contributed by atoms with van der Waals surface area (Å²) in [5.74, 6) is -0.667. The fourth-order valence-corrected chi connectivity index (χ4v) is 5.15. The van der Waals surface area contributed by atoms with E-state index in [0.717, 1.165) is 12.1 Å². The van der Waals surface area contributed by atoms with E-state index in [1.807, 2.05) is 0 Å². The predicted octanol–water partition coefficient (Wildman–Crippen LogP) is -1.15. The SMILES string of the molecule is CC1CC(=Cc2ccc(N=[N+]=[N-])cc2S(=O)(=O)[O-])C(=O)C(=Cc2ccc(N=[N+]=[N-])cc2S(=O)(=O)[O-])C1.[Na+].[Na+]. The van der Waals surface area contributed by atoms with E-state index in [9.17, 15) is 30.7 Å². The van der Waals surface area contributed by atoms with Gasteiger partial charge in [0.1, 0.15) is 20.2 Å². The van der Waals surface area contributed by atoms with Crippen LogP contribution in [0.2, 0.25) is 0 Å². The van der Waals surface area contributed by atoms with Crippen molar-refractivity contribution >= 4 is 49.5 Å². The summed E-state index contributed by atoms with van der Waals surface area (Å²) >= 11 is 0. The molecule has 0 bridgehead atoms. The monoisotopic (exact) mass is 574 g/mol.